The standard InChI is InChI=1S/C21H36O9S/c1-19-4-6-21(7-5-19)31(22,23)30-18-20(16-28-14-12-26-10-8-24-2)17-29-15-13-27-11-9-25-3/h4-7,20H,8-18H2,1-3H3. The van der Waals surface area contributed by atoms with Crippen LogP contribution in [0.2, 0.25) is 0 Å². The normalized spacial score (nSPS) is 12.0. The molecule has 180 valence electrons. The molecule has 0 atom stereocenters. The van der Waals surface area contributed by atoms with E-state index in [1.165, 1.54) is 12.1 Å². The number of methoxy groups -OCH3 is 2. The first-order valence-electron chi connectivity index (χ1n) is 10.2. The Morgan fingerprint density at radius 1 is 0.677 bits per heavy atom. The predicted octanol–water partition coefficient (Wildman–Crippen LogP) is 1.68. The largest absolute Gasteiger partial charge is 0.382 e. The van der Waals surface area contributed by atoms with E-state index < -0.39 is 10.1 Å². The SMILES string of the molecule is COCCOCCOCC(COCCOCCOC)COS(=O)(=O)c1ccc(C)cc1. The molecule has 9 nitrogen and oxygen atoms in total. The smallest absolute Gasteiger partial charge is 0.296 e. The maximum atomic E-state index is 12.4. The van der Waals surface area contributed by atoms with Crippen molar-refractivity contribution in [2.45, 2.75) is 11.8 Å². The summed E-state index contributed by atoms with van der Waals surface area (Å²) in [6.07, 6.45) is 0. The van der Waals surface area contributed by atoms with Crippen molar-refractivity contribution in [3.8, 4) is 0 Å². The fraction of sp³-hybridized carbons (Fsp3) is 0.714. The zero-order chi connectivity index (χ0) is 22.8. The van der Waals surface area contributed by atoms with E-state index in [2.05, 4.69) is 0 Å². The molecule has 0 aliphatic heterocycles. The third kappa shape index (κ3) is 13.8. The molecule has 0 spiro atoms. The van der Waals surface area contributed by atoms with Gasteiger partial charge in [-0.15, -0.1) is 0 Å². The van der Waals surface area contributed by atoms with Crippen LogP contribution in [0.3, 0.4) is 0 Å². The second-order valence-corrected chi connectivity index (χ2v) is 8.39. The first kappa shape index (κ1) is 27.9. The zero-order valence-electron chi connectivity index (χ0n) is 18.7. The van der Waals surface area contributed by atoms with Crippen LogP contribution in [0, 0.1) is 12.8 Å². The van der Waals surface area contributed by atoms with Gasteiger partial charge >= 0.3 is 0 Å². The van der Waals surface area contributed by atoms with Crippen molar-refractivity contribution in [1.29, 1.82) is 0 Å². The summed E-state index contributed by atoms with van der Waals surface area (Å²) >= 11 is 0. The highest BCUT2D eigenvalue weighted by molar-refractivity contribution is 7.86. The minimum atomic E-state index is -3.85. The maximum Gasteiger partial charge on any atom is 0.296 e. The van der Waals surface area contributed by atoms with Gasteiger partial charge in [-0.1, -0.05) is 17.7 Å². The van der Waals surface area contributed by atoms with Crippen LogP contribution in [0.1, 0.15) is 5.56 Å². The Kier molecular flexibility index (Phi) is 15.7. The number of ether oxygens (including phenoxy) is 6. The third-order valence-electron chi connectivity index (χ3n) is 4.08. The Hall–Kier alpha value is -1.11. The number of aryl methyl sites for hydroxylation is 1. The summed E-state index contributed by atoms with van der Waals surface area (Å²) < 4.78 is 61.8. The van der Waals surface area contributed by atoms with Gasteiger partial charge in [-0.25, -0.2) is 0 Å². The average Bonchev–Trinajstić information content (AvgIpc) is 2.76. The molecule has 0 radical (unpaired) electrons. The van der Waals surface area contributed by atoms with Gasteiger partial charge in [0.15, 0.2) is 0 Å². The van der Waals surface area contributed by atoms with Gasteiger partial charge in [-0.05, 0) is 19.1 Å². The molecular formula is C21H36O9S. The Balaban J connectivity index is 2.43. The lowest BCUT2D eigenvalue weighted by Crippen LogP contribution is -2.25. The summed E-state index contributed by atoms with van der Waals surface area (Å²) in [4.78, 5) is 0.122. The first-order valence-corrected chi connectivity index (χ1v) is 11.7. The van der Waals surface area contributed by atoms with E-state index in [0.717, 1.165) is 5.56 Å². The van der Waals surface area contributed by atoms with Crippen molar-refractivity contribution in [2.75, 3.05) is 86.9 Å². The highest BCUT2D eigenvalue weighted by Gasteiger charge is 2.19. The zero-order valence-corrected chi connectivity index (χ0v) is 19.6. The minimum Gasteiger partial charge on any atom is -0.382 e. The fourth-order valence-corrected chi connectivity index (χ4v) is 3.30. The van der Waals surface area contributed by atoms with E-state index in [-0.39, 0.29) is 30.6 Å². The van der Waals surface area contributed by atoms with Crippen LogP contribution in [-0.4, -0.2) is 95.3 Å². The molecule has 0 heterocycles. The molecule has 1 aromatic rings. The van der Waals surface area contributed by atoms with Crippen molar-refractivity contribution in [2.24, 2.45) is 5.92 Å². The van der Waals surface area contributed by atoms with Crippen LogP contribution >= 0.6 is 0 Å². The molecule has 0 saturated heterocycles. The van der Waals surface area contributed by atoms with Gasteiger partial charge in [-0.3, -0.25) is 4.18 Å². The number of benzene rings is 1. The van der Waals surface area contributed by atoms with Gasteiger partial charge in [0.1, 0.15) is 0 Å². The van der Waals surface area contributed by atoms with E-state index in [0.29, 0.717) is 52.9 Å². The van der Waals surface area contributed by atoms with E-state index in [1.807, 2.05) is 6.92 Å². The molecule has 10 heteroatoms. The quantitative estimate of drug-likeness (QED) is 0.211. The fourth-order valence-electron chi connectivity index (χ4n) is 2.33. The highest BCUT2D eigenvalue weighted by Crippen LogP contribution is 2.15. The Morgan fingerprint density at radius 3 is 1.61 bits per heavy atom. The predicted molar refractivity (Wildman–Crippen MR) is 115 cm³/mol. The average molecular weight is 465 g/mol. The third-order valence-corrected chi connectivity index (χ3v) is 5.38. The summed E-state index contributed by atoms with van der Waals surface area (Å²) in [5, 5.41) is 0. The van der Waals surface area contributed by atoms with E-state index in [1.54, 1.807) is 26.4 Å². The van der Waals surface area contributed by atoms with Crippen molar-refractivity contribution >= 4 is 10.1 Å². The number of hydrogen-bond donors (Lipinski definition) is 0. The van der Waals surface area contributed by atoms with Crippen LogP contribution in [0.15, 0.2) is 29.2 Å². The van der Waals surface area contributed by atoms with Crippen LogP contribution in [0.4, 0.5) is 0 Å². The van der Waals surface area contributed by atoms with Crippen molar-refractivity contribution < 1.29 is 41.0 Å². The Labute approximate surface area is 186 Å². The molecule has 1 aromatic carbocycles. The molecule has 0 N–H and O–H groups in total. The van der Waals surface area contributed by atoms with E-state index in [9.17, 15) is 8.42 Å². The van der Waals surface area contributed by atoms with Crippen LogP contribution < -0.4 is 0 Å². The molecule has 0 amide bonds. The molecule has 1 rings (SSSR count). The first-order chi connectivity index (χ1) is 15.0. The van der Waals surface area contributed by atoms with E-state index in [4.69, 9.17) is 32.6 Å². The second-order valence-electron chi connectivity index (χ2n) is 6.78. The van der Waals surface area contributed by atoms with Crippen molar-refractivity contribution in [3.63, 3.8) is 0 Å². The lowest BCUT2D eigenvalue weighted by Gasteiger charge is -2.18. The Morgan fingerprint density at radius 2 is 1.13 bits per heavy atom. The highest BCUT2D eigenvalue weighted by atomic mass is 32.2. The summed E-state index contributed by atoms with van der Waals surface area (Å²) in [5.41, 5.74) is 0.971. The molecule has 0 fully saturated rings. The molecule has 0 bridgehead atoms. The van der Waals surface area contributed by atoms with Crippen LogP contribution in [-0.2, 0) is 42.7 Å². The minimum absolute atomic E-state index is 0.0503. The number of hydrogen-bond acceptors (Lipinski definition) is 9. The molecule has 0 aliphatic carbocycles. The molecule has 31 heavy (non-hydrogen) atoms. The van der Waals surface area contributed by atoms with Gasteiger partial charge in [0.2, 0.25) is 0 Å². The molecular weight excluding hydrogens is 428 g/mol. The maximum absolute atomic E-state index is 12.4. The van der Waals surface area contributed by atoms with Crippen LogP contribution in [0.5, 0.6) is 0 Å². The molecule has 0 unspecified atom stereocenters. The van der Waals surface area contributed by atoms with E-state index >= 15 is 0 Å². The lowest BCUT2D eigenvalue weighted by atomic mass is 10.2. The summed E-state index contributed by atoms with van der Waals surface area (Å²) in [6, 6.07) is 6.52. The Bertz CT molecular complexity index is 631. The van der Waals surface area contributed by atoms with Gasteiger partial charge in [0.25, 0.3) is 10.1 Å². The van der Waals surface area contributed by atoms with Crippen molar-refractivity contribution in [3.05, 3.63) is 29.8 Å². The second kappa shape index (κ2) is 17.4. The summed E-state index contributed by atoms with van der Waals surface area (Å²) in [6.45, 7) is 6.03. The van der Waals surface area contributed by atoms with Crippen molar-refractivity contribution in [1.82, 2.24) is 0 Å². The van der Waals surface area contributed by atoms with Gasteiger partial charge in [-0.2, -0.15) is 8.42 Å². The van der Waals surface area contributed by atoms with Gasteiger partial charge in [0.05, 0.1) is 77.6 Å². The molecule has 0 aliphatic rings. The summed E-state index contributed by atoms with van der Waals surface area (Å²) in [5.74, 6) is -0.266. The van der Waals surface area contributed by atoms with Crippen LogP contribution in [0.25, 0.3) is 0 Å². The monoisotopic (exact) mass is 464 g/mol. The lowest BCUT2D eigenvalue weighted by molar-refractivity contribution is -0.0209. The van der Waals surface area contributed by atoms with Gasteiger partial charge < -0.3 is 28.4 Å². The molecule has 0 aromatic heterocycles. The molecule has 0 saturated carbocycles. The topological polar surface area (TPSA) is 98.8 Å². The van der Waals surface area contributed by atoms with Gasteiger partial charge in [0, 0.05) is 20.1 Å². The summed E-state index contributed by atoms with van der Waals surface area (Å²) in [7, 11) is -0.634. The number of rotatable bonds is 20.